The fourth-order valence-corrected chi connectivity index (χ4v) is 4.40. The predicted molar refractivity (Wildman–Crippen MR) is 101 cm³/mol. The van der Waals surface area contributed by atoms with Gasteiger partial charge in [-0.15, -0.1) is 0 Å². The van der Waals surface area contributed by atoms with E-state index in [0.717, 1.165) is 36.2 Å². The molecule has 4 rings (SSSR count). The van der Waals surface area contributed by atoms with Crippen molar-refractivity contribution in [2.24, 2.45) is 11.3 Å². The molecular weight excluding hydrogens is 342 g/mol. The average Bonchev–Trinajstić information content (AvgIpc) is 3.25. The summed E-state index contributed by atoms with van der Waals surface area (Å²) in [6, 6.07) is 9.77. The number of nitrogens with zero attached hydrogens (tertiary/aromatic N) is 3. The smallest absolute Gasteiger partial charge is 0.307 e. The van der Waals surface area contributed by atoms with E-state index in [9.17, 15) is 14.7 Å². The van der Waals surface area contributed by atoms with Gasteiger partial charge in [0.1, 0.15) is 0 Å². The molecule has 1 aliphatic heterocycles. The monoisotopic (exact) mass is 367 g/mol. The summed E-state index contributed by atoms with van der Waals surface area (Å²) in [5, 5.41) is 13.7. The maximum Gasteiger partial charge on any atom is 0.307 e. The molecule has 142 valence electrons. The lowest BCUT2D eigenvalue weighted by molar-refractivity contribution is -0.139. The van der Waals surface area contributed by atoms with Crippen molar-refractivity contribution in [1.82, 2.24) is 14.7 Å². The zero-order valence-corrected chi connectivity index (χ0v) is 15.8. The van der Waals surface area contributed by atoms with Crippen LogP contribution >= 0.6 is 0 Å². The van der Waals surface area contributed by atoms with Crippen LogP contribution in [0, 0.1) is 25.2 Å². The van der Waals surface area contributed by atoms with Gasteiger partial charge in [-0.1, -0.05) is 12.1 Å². The van der Waals surface area contributed by atoms with Crippen LogP contribution in [0.4, 0.5) is 0 Å². The Morgan fingerprint density at radius 1 is 1.22 bits per heavy atom. The van der Waals surface area contributed by atoms with Crippen molar-refractivity contribution >= 4 is 11.9 Å². The first-order valence-electron chi connectivity index (χ1n) is 9.50. The number of aliphatic carboxylic acids is 1. The van der Waals surface area contributed by atoms with Crippen LogP contribution in [-0.4, -0.2) is 44.8 Å². The normalized spacial score (nSPS) is 20.7. The van der Waals surface area contributed by atoms with Gasteiger partial charge in [-0.2, -0.15) is 5.10 Å². The minimum atomic E-state index is -0.688. The Labute approximate surface area is 158 Å². The largest absolute Gasteiger partial charge is 0.481 e. The standard InChI is InChI=1S/C21H25N3O3/c1-14-10-15(2)24(22-14)13-16-4-3-5-17(11-16)19(25)23-8-6-21(7-9-23)12-18(21)20(26)27/h3-5,10-11,18H,6-9,12-13H2,1-2H3,(H,26,27). The number of aryl methyl sites for hydroxylation is 2. The lowest BCUT2D eigenvalue weighted by Gasteiger charge is -2.32. The fraction of sp³-hybridized carbons (Fsp3) is 0.476. The van der Waals surface area contributed by atoms with Crippen molar-refractivity contribution in [2.45, 2.75) is 39.7 Å². The number of piperidine rings is 1. The zero-order valence-electron chi connectivity index (χ0n) is 15.8. The molecule has 1 aliphatic carbocycles. The molecule has 2 aromatic rings. The van der Waals surface area contributed by atoms with E-state index in [-0.39, 0.29) is 17.2 Å². The molecule has 1 atom stereocenters. The van der Waals surface area contributed by atoms with Crippen molar-refractivity contribution < 1.29 is 14.7 Å². The summed E-state index contributed by atoms with van der Waals surface area (Å²) >= 11 is 0. The summed E-state index contributed by atoms with van der Waals surface area (Å²) in [6.07, 6.45) is 2.35. The lowest BCUT2D eigenvalue weighted by atomic mass is 9.90. The fourth-order valence-electron chi connectivity index (χ4n) is 4.40. The summed E-state index contributed by atoms with van der Waals surface area (Å²) < 4.78 is 1.95. The first-order chi connectivity index (χ1) is 12.9. The van der Waals surface area contributed by atoms with Gasteiger partial charge >= 0.3 is 5.97 Å². The van der Waals surface area contributed by atoms with Crippen LogP contribution < -0.4 is 0 Å². The van der Waals surface area contributed by atoms with Gasteiger partial charge in [0, 0.05) is 24.3 Å². The van der Waals surface area contributed by atoms with E-state index < -0.39 is 5.97 Å². The van der Waals surface area contributed by atoms with Crippen LogP contribution in [0.3, 0.4) is 0 Å². The molecule has 1 unspecified atom stereocenters. The summed E-state index contributed by atoms with van der Waals surface area (Å²) in [7, 11) is 0. The molecule has 1 spiro atoms. The topological polar surface area (TPSA) is 75.4 Å². The number of benzene rings is 1. The van der Waals surface area contributed by atoms with E-state index in [2.05, 4.69) is 5.10 Å². The number of carboxylic acids is 1. The van der Waals surface area contributed by atoms with Crippen LogP contribution in [0.5, 0.6) is 0 Å². The summed E-state index contributed by atoms with van der Waals surface area (Å²) in [6.45, 7) is 5.93. The van der Waals surface area contributed by atoms with Gasteiger partial charge in [0.15, 0.2) is 0 Å². The molecule has 1 amide bonds. The van der Waals surface area contributed by atoms with Gasteiger partial charge in [-0.25, -0.2) is 0 Å². The van der Waals surface area contributed by atoms with E-state index in [0.29, 0.717) is 25.2 Å². The van der Waals surface area contributed by atoms with Crippen LogP contribution in [0.25, 0.3) is 0 Å². The maximum atomic E-state index is 12.9. The van der Waals surface area contributed by atoms with Gasteiger partial charge in [-0.05, 0) is 62.3 Å². The molecule has 0 bridgehead atoms. The van der Waals surface area contributed by atoms with Crippen LogP contribution in [0.1, 0.15) is 46.6 Å². The second-order valence-corrected chi connectivity index (χ2v) is 8.03. The van der Waals surface area contributed by atoms with E-state index >= 15 is 0 Å². The Bertz CT molecular complexity index is 894. The van der Waals surface area contributed by atoms with Crippen LogP contribution in [0.15, 0.2) is 30.3 Å². The Balaban J connectivity index is 1.42. The minimum Gasteiger partial charge on any atom is -0.481 e. The Kier molecular flexibility index (Phi) is 4.29. The Morgan fingerprint density at radius 2 is 1.96 bits per heavy atom. The van der Waals surface area contributed by atoms with Crippen LogP contribution in [0.2, 0.25) is 0 Å². The number of aromatic nitrogens is 2. The average molecular weight is 367 g/mol. The van der Waals surface area contributed by atoms with Crippen molar-refractivity contribution in [3.8, 4) is 0 Å². The molecular formula is C21H25N3O3. The number of carbonyl (C=O) groups is 2. The summed E-state index contributed by atoms with van der Waals surface area (Å²) in [5.74, 6) is -0.863. The number of hydrogen-bond acceptors (Lipinski definition) is 3. The third kappa shape index (κ3) is 3.36. The van der Waals surface area contributed by atoms with Gasteiger partial charge in [0.05, 0.1) is 18.2 Å². The molecule has 2 aliphatic rings. The third-order valence-corrected chi connectivity index (χ3v) is 6.14. The first-order valence-corrected chi connectivity index (χ1v) is 9.50. The number of hydrogen-bond donors (Lipinski definition) is 1. The van der Waals surface area contributed by atoms with E-state index in [1.165, 1.54) is 0 Å². The predicted octanol–water partition coefficient (Wildman–Crippen LogP) is 2.88. The second kappa shape index (κ2) is 6.51. The summed E-state index contributed by atoms with van der Waals surface area (Å²) in [4.78, 5) is 26.0. The quantitative estimate of drug-likeness (QED) is 0.902. The summed E-state index contributed by atoms with van der Waals surface area (Å²) in [5.41, 5.74) is 3.77. The molecule has 27 heavy (non-hydrogen) atoms. The lowest BCUT2D eigenvalue weighted by Crippen LogP contribution is -2.40. The Hall–Kier alpha value is -2.63. The van der Waals surface area contributed by atoms with Crippen molar-refractivity contribution in [3.05, 3.63) is 52.8 Å². The number of carboxylic acid groups (broad SMARTS) is 1. The van der Waals surface area contributed by atoms with Gasteiger partial charge < -0.3 is 10.0 Å². The van der Waals surface area contributed by atoms with E-state index in [4.69, 9.17) is 0 Å². The molecule has 1 aromatic heterocycles. The van der Waals surface area contributed by atoms with Crippen molar-refractivity contribution in [1.29, 1.82) is 0 Å². The van der Waals surface area contributed by atoms with Crippen LogP contribution in [-0.2, 0) is 11.3 Å². The van der Waals surface area contributed by atoms with Gasteiger partial charge in [0.25, 0.3) is 5.91 Å². The number of rotatable bonds is 4. The molecule has 1 saturated carbocycles. The molecule has 1 saturated heterocycles. The highest BCUT2D eigenvalue weighted by atomic mass is 16.4. The third-order valence-electron chi connectivity index (χ3n) is 6.14. The highest BCUT2D eigenvalue weighted by molar-refractivity contribution is 5.94. The first kappa shape index (κ1) is 17.8. The number of carbonyl (C=O) groups excluding carboxylic acids is 1. The molecule has 0 radical (unpaired) electrons. The minimum absolute atomic E-state index is 0.0348. The van der Waals surface area contributed by atoms with E-state index in [1.54, 1.807) is 0 Å². The molecule has 2 fully saturated rings. The van der Waals surface area contributed by atoms with Crippen molar-refractivity contribution in [2.75, 3.05) is 13.1 Å². The molecule has 1 aromatic carbocycles. The second-order valence-electron chi connectivity index (χ2n) is 8.03. The maximum absolute atomic E-state index is 12.9. The number of amides is 1. The van der Waals surface area contributed by atoms with E-state index in [1.807, 2.05) is 53.8 Å². The molecule has 6 heteroatoms. The highest BCUT2D eigenvalue weighted by Gasteiger charge is 2.59. The highest BCUT2D eigenvalue weighted by Crippen LogP contribution is 2.59. The van der Waals surface area contributed by atoms with Crippen molar-refractivity contribution in [3.63, 3.8) is 0 Å². The van der Waals surface area contributed by atoms with Gasteiger partial charge in [-0.3, -0.25) is 14.3 Å². The molecule has 6 nitrogen and oxygen atoms in total. The zero-order chi connectivity index (χ0) is 19.2. The molecule has 2 heterocycles. The molecule has 1 N–H and O–H groups in total. The SMILES string of the molecule is Cc1cc(C)n(Cc2cccc(C(=O)N3CCC4(CC3)CC4C(=O)O)c2)n1. The van der Waals surface area contributed by atoms with Gasteiger partial charge in [0.2, 0.25) is 0 Å². The number of likely N-dealkylation sites (tertiary alicyclic amines) is 1. The Morgan fingerprint density at radius 3 is 2.56 bits per heavy atom.